The summed E-state index contributed by atoms with van der Waals surface area (Å²) in [6.45, 7) is 3.09. The van der Waals surface area contributed by atoms with Crippen molar-refractivity contribution < 1.29 is 9.47 Å². The van der Waals surface area contributed by atoms with Gasteiger partial charge in [0.25, 0.3) is 0 Å². The van der Waals surface area contributed by atoms with E-state index in [-0.39, 0.29) is 0 Å². The van der Waals surface area contributed by atoms with E-state index >= 15 is 0 Å². The van der Waals surface area contributed by atoms with Crippen molar-refractivity contribution in [3.63, 3.8) is 0 Å². The Balaban J connectivity index is 3.26. The standard InChI is InChI=1S/C13H20BrNO2/c1-5-10-9(6-7-15-2)8-11(14)13(17-4)12(10)16-3/h8,15H,5-7H2,1-4H3. The molecule has 1 aromatic rings. The van der Waals surface area contributed by atoms with Crippen molar-refractivity contribution in [2.45, 2.75) is 19.8 Å². The second-order valence-corrected chi connectivity index (χ2v) is 4.62. The Morgan fingerprint density at radius 1 is 1.24 bits per heavy atom. The Kier molecular flexibility index (Phi) is 5.78. The van der Waals surface area contributed by atoms with Crippen LogP contribution in [0.4, 0.5) is 0 Å². The predicted molar refractivity (Wildman–Crippen MR) is 74.3 cm³/mol. The van der Waals surface area contributed by atoms with Gasteiger partial charge in [-0.25, -0.2) is 0 Å². The molecule has 0 aliphatic rings. The quantitative estimate of drug-likeness (QED) is 0.876. The number of nitrogens with one attached hydrogen (secondary N) is 1. The Hall–Kier alpha value is -0.740. The zero-order valence-corrected chi connectivity index (χ0v) is 12.5. The van der Waals surface area contributed by atoms with Gasteiger partial charge in [0.15, 0.2) is 11.5 Å². The molecular formula is C13H20BrNO2. The second-order valence-electron chi connectivity index (χ2n) is 3.77. The first kappa shape index (κ1) is 14.3. The third kappa shape index (κ3) is 3.13. The zero-order valence-electron chi connectivity index (χ0n) is 10.9. The number of ether oxygens (including phenoxy) is 2. The van der Waals surface area contributed by atoms with E-state index in [0.29, 0.717) is 0 Å². The van der Waals surface area contributed by atoms with Gasteiger partial charge in [0, 0.05) is 5.56 Å². The summed E-state index contributed by atoms with van der Waals surface area (Å²) in [7, 11) is 5.31. The summed E-state index contributed by atoms with van der Waals surface area (Å²) in [4.78, 5) is 0. The van der Waals surface area contributed by atoms with Gasteiger partial charge >= 0.3 is 0 Å². The predicted octanol–water partition coefficient (Wildman–Crippen LogP) is 2.79. The maximum Gasteiger partial charge on any atom is 0.175 e. The van der Waals surface area contributed by atoms with Gasteiger partial charge in [-0.15, -0.1) is 0 Å². The molecule has 0 saturated carbocycles. The second kappa shape index (κ2) is 6.87. The highest BCUT2D eigenvalue weighted by atomic mass is 79.9. The molecule has 17 heavy (non-hydrogen) atoms. The molecule has 0 spiro atoms. The molecule has 96 valence electrons. The number of hydrogen-bond acceptors (Lipinski definition) is 3. The number of halogens is 1. The number of likely N-dealkylation sites (N-methyl/N-ethyl adjacent to an activating group) is 1. The Labute approximate surface area is 112 Å². The van der Waals surface area contributed by atoms with E-state index in [9.17, 15) is 0 Å². The Morgan fingerprint density at radius 3 is 2.35 bits per heavy atom. The van der Waals surface area contributed by atoms with E-state index in [1.165, 1.54) is 11.1 Å². The minimum absolute atomic E-state index is 0.776. The van der Waals surface area contributed by atoms with E-state index < -0.39 is 0 Å². The molecule has 0 bridgehead atoms. The molecule has 0 fully saturated rings. The zero-order chi connectivity index (χ0) is 12.8. The Bertz CT molecular complexity index is 380. The minimum atomic E-state index is 0.776. The molecule has 0 aliphatic carbocycles. The van der Waals surface area contributed by atoms with Crippen molar-refractivity contribution >= 4 is 15.9 Å². The topological polar surface area (TPSA) is 30.5 Å². The third-order valence-corrected chi connectivity index (χ3v) is 3.38. The van der Waals surface area contributed by atoms with Crippen molar-refractivity contribution in [1.82, 2.24) is 5.32 Å². The van der Waals surface area contributed by atoms with Crippen molar-refractivity contribution in [3.8, 4) is 11.5 Å². The van der Waals surface area contributed by atoms with Crippen molar-refractivity contribution in [2.75, 3.05) is 27.8 Å². The molecule has 0 saturated heterocycles. The van der Waals surface area contributed by atoms with Crippen LogP contribution in [0.3, 0.4) is 0 Å². The lowest BCUT2D eigenvalue weighted by molar-refractivity contribution is 0.349. The number of rotatable bonds is 6. The van der Waals surface area contributed by atoms with Crippen LogP contribution in [0.2, 0.25) is 0 Å². The first-order valence-corrected chi connectivity index (χ1v) is 6.55. The first-order valence-electron chi connectivity index (χ1n) is 5.76. The van der Waals surface area contributed by atoms with Crippen LogP contribution in [0.1, 0.15) is 18.1 Å². The molecule has 1 rings (SSSR count). The summed E-state index contributed by atoms with van der Waals surface area (Å²) < 4.78 is 11.8. The lowest BCUT2D eigenvalue weighted by atomic mass is 10.0. The highest BCUT2D eigenvalue weighted by Gasteiger charge is 2.16. The van der Waals surface area contributed by atoms with Gasteiger partial charge in [-0.3, -0.25) is 0 Å². The van der Waals surface area contributed by atoms with E-state index in [1.807, 2.05) is 7.05 Å². The maximum absolute atomic E-state index is 5.48. The van der Waals surface area contributed by atoms with Crippen LogP contribution in [0.15, 0.2) is 10.5 Å². The molecule has 4 heteroatoms. The smallest absolute Gasteiger partial charge is 0.175 e. The fourth-order valence-electron chi connectivity index (χ4n) is 1.97. The molecule has 1 aromatic carbocycles. The van der Waals surface area contributed by atoms with Gasteiger partial charge in [0.1, 0.15) is 0 Å². The fourth-order valence-corrected chi connectivity index (χ4v) is 2.59. The molecular weight excluding hydrogens is 282 g/mol. The summed E-state index contributed by atoms with van der Waals surface area (Å²) >= 11 is 3.53. The first-order chi connectivity index (χ1) is 8.19. The highest BCUT2D eigenvalue weighted by Crippen LogP contribution is 2.40. The number of methoxy groups -OCH3 is 2. The Morgan fingerprint density at radius 2 is 1.88 bits per heavy atom. The molecule has 1 N–H and O–H groups in total. The van der Waals surface area contributed by atoms with Crippen LogP contribution in [-0.2, 0) is 12.8 Å². The van der Waals surface area contributed by atoms with Crippen molar-refractivity contribution in [3.05, 3.63) is 21.7 Å². The van der Waals surface area contributed by atoms with Crippen molar-refractivity contribution in [1.29, 1.82) is 0 Å². The summed E-state index contributed by atoms with van der Waals surface area (Å²) in [5.74, 6) is 1.62. The van der Waals surface area contributed by atoms with Gasteiger partial charge in [0.2, 0.25) is 0 Å². The highest BCUT2D eigenvalue weighted by molar-refractivity contribution is 9.10. The monoisotopic (exact) mass is 301 g/mol. The largest absolute Gasteiger partial charge is 0.493 e. The molecule has 0 aromatic heterocycles. The maximum atomic E-state index is 5.48. The van der Waals surface area contributed by atoms with Gasteiger partial charge in [0.05, 0.1) is 18.7 Å². The third-order valence-electron chi connectivity index (χ3n) is 2.79. The van der Waals surface area contributed by atoms with Gasteiger partial charge in [-0.05, 0) is 54.0 Å². The molecule has 0 unspecified atom stereocenters. The van der Waals surface area contributed by atoms with Crippen molar-refractivity contribution in [2.24, 2.45) is 0 Å². The lowest BCUT2D eigenvalue weighted by Crippen LogP contribution is -2.12. The number of hydrogen-bond donors (Lipinski definition) is 1. The summed E-state index contributed by atoms with van der Waals surface area (Å²) in [6.07, 6.45) is 1.92. The number of benzene rings is 1. The van der Waals surface area contributed by atoms with E-state index in [1.54, 1.807) is 14.2 Å². The van der Waals surface area contributed by atoms with Gasteiger partial charge < -0.3 is 14.8 Å². The molecule has 3 nitrogen and oxygen atoms in total. The van der Waals surface area contributed by atoms with Crippen LogP contribution in [-0.4, -0.2) is 27.8 Å². The summed E-state index contributed by atoms with van der Waals surface area (Å²) in [6, 6.07) is 2.12. The van der Waals surface area contributed by atoms with Gasteiger partial charge in [-0.2, -0.15) is 0 Å². The molecule has 0 aliphatic heterocycles. The van der Waals surface area contributed by atoms with Crippen LogP contribution in [0.25, 0.3) is 0 Å². The SMILES string of the molecule is CCc1c(CCNC)cc(Br)c(OC)c1OC. The normalized spacial score (nSPS) is 10.4. The molecule has 0 radical (unpaired) electrons. The summed E-state index contributed by atoms with van der Waals surface area (Å²) in [5, 5.41) is 3.17. The fraction of sp³-hybridized carbons (Fsp3) is 0.538. The van der Waals surface area contributed by atoms with Crippen LogP contribution in [0, 0.1) is 0 Å². The molecule has 0 amide bonds. The van der Waals surface area contributed by atoms with E-state index in [2.05, 4.69) is 34.2 Å². The van der Waals surface area contributed by atoms with Crippen LogP contribution >= 0.6 is 15.9 Å². The molecule has 0 heterocycles. The van der Waals surface area contributed by atoms with Crippen LogP contribution in [0.5, 0.6) is 11.5 Å². The summed E-state index contributed by atoms with van der Waals surface area (Å²) in [5.41, 5.74) is 2.52. The molecule has 0 atom stereocenters. The minimum Gasteiger partial charge on any atom is -0.493 e. The van der Waals surface area contributed by atoms with Gasteiger partial charge in [-0.1, -0.05) is 6.92 Å². The van der Waals surface area contributed by atoms with Crippen LogP contribution < -0.4 is 14.8 Å². The average Bonchev–Trinajstić information content (AvgIpc) is 2.35. The van der Waals surface area contributed by atoms with E-state index in [0.717, 1.165) is 35.4 Å². The van der Waals surface area contributed by atoms with E-state index in [4.69, 9.17) is 9.47 Å². The lowest BCUT2D eigenvalue weighted by Gasteiger charge is -2.17. The average molecular weight is 302 g/mol.